The van der Waals surface area contributed by atoms with Gasteiger partial charge in [0.05, 0.1) is 23.5 Å². The summed E-state index contributed by atoms with van der Waals surface area (Å²) in [6.45, 7) is 4.76. The number of anilines is 1. The van der Waals surface area contributed by atoms with Crippen molar-refractivity contribution in [3.63, 3.8) is 0 Å². The van der Waals surface area contributed by atoms with Crippen LogP contribution in [-0.4, -0.2) is 19.9 Å². The average Bonchev–Trinajstić information content (AvgIpc) is 2.97. The minimum absolute atomic E-state index is 0.00620. The number of nitrogens with zero attached hydrogens (tertiary/aromatic N) is 3. The maximum Gasteiger partial charge on any atom is 0.157 e. The first kappa shape index (κ1) is 15.8. The van der Waals surface area contributed by atoms with E-state index >= 15 is 0 Å². The van der Waals surface area contributed by atoms with Gasteiger partial charge in [-0.05, 0) is 43.2 Å². The fourth-order valence-corrected chi connectivity index (χ4v) is 2.65. The summed E-state index contributed by atoms with van der Waals surface area (Å²) in [5, 5.41) is 18.5. The molecule has 5 nitrogen and oxygen atoms in total. The molecular formula is C17H19ClN4O. The Bertz CT molecular complexity index is 829. The monoisotopic (exact) mass is 330 g/mol. The van der Waals surface area contributed by atoms with Gasteiger partial charge >= 0.3 is 0 Å². The minimum Gasteiger partial charge on any atom is -0.392 e. The molecule has 0 radical (unpaired) electrons. The predicted octanol–water partition coefficient (Wildman–Crippen LogP) is 3.77. The van der Waals surface area contributed by atoms with Crippen LogP contribution in [0.4, 0.5) is 5.69 Å². The summed E-state index contributed by atoms with van der Waals surface area (Å²) in [6.07, 6.45) is 3.69. The van der Waals surface area contributed by atoms with Crippen LogP contribution in [0.15, 0.2) is 36.7 Å². The van der Waals surface area contributed by atoms with Crippen molar-refractivity contribution in [2.75, 3.05) is 5.32 Å². The SMILES string of the molecule is CC(C)n1ncc2cc(CNc3cc(CO)ccc3Cl)cnc21. The number of pyridine rings is 1. The second kappa shape index (κ2) is 6.56. The molecule has 2 heterocycles. The van der Waals surface area contributed by atoms with E-state index in [2.05, 4.69) is 35.3 Å². The van der Waals surface area contributed by atoms with Gasteiger partial charge in [0.1, 0.15) is 0 Å². The molecule has 2 aromatic heterocycles. The molecule has 0 aliphatic heterocycles. The van der Waals surface area contributed by atoms with Gasteiger partial charge in [0.25, 0.3) is 0 Å². The molecule has 3 rings (SSSR count). The summed E-state index contributed by atoms with van der Waals surface area (Å²) in [5.74, 6) is 0. The summed E-state index contributed by atoms with van der Waals surface area (Å²) in [5.41, 5.74) is 3.57. The van der Waals surface area contributed by atoms with Crippen molar-refractivity contribution in [2.45, 2.75) is 33.0 Å². The smallest absolute Gasteiger partial charge is 0.157 e. The van der Waals surface area contributed by atoms with Crippen molar-refractivity contribution in [3.05, 3.63) is 52.8 Å². The lowest BCUT2D eigenvalue weighted by Gasteiger charge is -2.10. The second-order valence-electron chi connectivity index (χ2n) is 5.77. The van der Waals surface area contributed by atoms with Crippen molar-refractivity contribution in [3.8, 4) is 0 Å². The van der Waals surface area contributed by atoms with Crippen LogP contribution in [-0.2, 0) is 13.2 Å². The Morgan fingerprint density at radius 3 is 2.78 bits per heavy atom. The Morgan fingerprint density at radius 1 is 1.22 bits per heavy atom. The van der Waals surface area contributed by atoms with Crippen molar-refractivity contribution >= 4 is 28.3 Å². The summed E-state index contributed by atoms with van der Waals surface area (Å²) in [4.78, 5) is 4.52. The fourth-order valence-electron chi connectivity index (χ4n) is 2.46. The standard InChI is InChI=1S/C17H19ClN4O/c1-11(2)22-17-14(9-21-22)5-13(8-20-17)7-19-16-6-12(10-23)3-4-15(16)18/h3-6,8-9,11,19,23H,7,10H2,1-2H3. The zero-order valence-corrected chi connectivity index (χ0v) is 13.9. The third-order valence-corrected chi connectivity index (χ3v) is 4.01. The zero-order chi connectivity index (χ0) is 16.4. The highest BCUT2D eigenvalue weighted by molar-refractivity contribution is 6.33. The van der Waals surface area contributed by atoms with E-state index in [1.54, 1.807) is 12.1 Å². The van der Waals surface area contributed by atoms with Gasteiger partial charge in [0.15, 0.2) is 5.65 Å². The number of aromatic nitrogens is 3. The summed E-state index contributed by atoms with van der Waals surface area (Å²) >= 11 is 6.18. The molecule has 6 heteroatoms. The first-order chi connectivity index (χ1) is 11.1. The number of aliphatic hydroxyl groups is 1. The molecule has 0 aliphatic carbocycles. The first-order valence-corrected chi connectivity index (χ1v) is 7.91. The molecule has 2 N–H and O–H groups in total. The van der Waals surface area contributed by atoms with Crippen LogP contribution < -0.4 is 5.32 Å². The predicted molar refractivity (Wildman–Crippen MR) is 92.6 cm³/mol. The summed E-state index contributed by atoms with van der Waals surface area (Å²) in [7, 11) is 0. The molecule has 23 heavy (non-hydrogen) atoms. The Hall–Kier alpha value is -2.11. The maximum atomic E-state index is 9.21. The second-order valence-corrected chi connectivity index (χ2v) is 6.17. The van der Waals surface area contributed by atoms with E-state index in [-0.39, 0.29) is 12.6 Å². The van der Waals surface area contributed by atoms with Crippen LogP contribution >= 0.6 is 11.6 Å². The summed E-state index contributed by atoms with van der Waals surface area (Å²) < 4.78 is 1.91. The van der Waals surface area contributed by atoms with Gasteiger partial charge in [0.2, 0.25) is 0 Å². The Labute approximate surface area is 139 Å². The molecule has 0 amide bonds. The topological polar surface area (TPSA) is 63.0 Å². The van der Waals surface area contributed by atoms with Crippen LogP contribution in [0.5, 0.6) is 0 Å². The van der Waals surface area contributed by atoms with E-state index in [4.69, 9.17) is 11.6 Å². The van der Waals surface area contributed by atoms with Crippen LogP contribution in [0.3, 0.4) is 0 Å². The molecule has 0 spiro atoms. The van der Waals surface area contributed by atoms with E-state index in [9.17, 15) is 5.11 Å². The molecule has 0 fully saturated rings. The molecule has 1 aromatic carbocycles. The van der Waals surface area contributed by atoms with Gasteiger partial charge in [-0.15, -0.1) is 0 Å². The lowest BCUT2D eigenvalue weighted by molar-refractivity contribution is 0.282. The molecule has 3 aromatic rings. The van der Waals surface area contributed by atoms with Gasteiger partial charge in [-0.1, -0.05) is 17.7 Å². The largest absolute Gasteiger partial charge is 0.392 e. The van der Waals surface area contributed by atoms with Gasteiger partial charge in [-0.25, -0.2) is 9.67 Å². The number of halogens is 1. The number of benzene rings is 1. The van der Waals surface area contributed by atoms with E-state index in [0.717, 1.165) is 27.8 Å². The Morgan fingerprint density at radius 2 is 2.04 bits per heavy atom. The number of rotatable bonds is 5. The minimum atomic E-state index is -0.00620. The molecule has 0 bridgehead atoms. The molecule has 0 saturated carbocycles. The fraction of sp³-hybridized carbons (Fsp3) is 0.294. The van der Waals surface area contributed by atoms with Gasteiger partial charge in [-0.2, -0.15) is 5.10 Å². The lowest BCUT2D eigenvalue weighted by atomic mass is 10.2. The Kier molecular flexibility index (Phi) is 4.50. The van der Waals surface area contributed by atoms with Crippen LogP contribution in [0, 0.1) is 0 Å². The van der Waals surface area contributed by atoms with E-state index in [0.29, 0.717) is 11.6 Å². The normalized spacial score (nSPS) is 11.3. The van der Waals surface area contributed by atoms with Crippen molar-refractivity contribution in [2.24, 2.45) is 0 Å². The van der Waals surface area contributed by atoms with Crippen molar-refractivity contribution in [1.29, 1.82) is 0 Å². The molecule has 0 unspecified atom stereocenters. The summed E-state index contributed by atoms with van der Waals surface area (Å²) in [6, 6.07) is 7.80. The van der Waals surface area contributed by atoms with Crippen molar-refractivity contribution < 1.29 is 5.11 Å². The average molecular weight is 331 g/mol. The number of nitrogens with one attached hydrogen (secondary N) is 1. The van der Waals surface area contributed by atoms with E-state index < -0.39 is 0 Å². The maximum absolute atomic E-state index is 9.21. The van der Waals surface area contributed by atoms with Crippen molar-refractivity contribution in [1.82, 2.24) is 14.8 Å². The first-order valence-electron chi connectivity index (χ1n) is 7.54. The van der Waals surface area contributed by atoms with Crippen LogP contribution in [0.1, 0.15) is 31.0 Å². The van der Waals surface area contributed by atoms with Crippen LogP contribution in [0.25, 0.3) is 11.0 Å². The Balaban J connectivity index is 1.80. The van der Waals surface area contributed by atoms with Gasteiger partial charge in [-0.3, -0.25) is 0 Å². The highest BCUT2D eigenvalue weighted by Crippen LogP contribution is 2.24. The third-order valence-electron chi connectivity index (χ3n) is 3.68. The molecule has 0 saturated heterocycles. The molecule has 120 valence electrons. The zero-order valence-electron chi connectivity index (χ0n) is 13.1. The highest BCUT2D eigenvalue weighted by Gasteiger charge is 2.08. The van der Waals surface area contributed by atoms with E-state index in [1.807, 2.05) is 23.1 Å². The molecular weight excluding hydrogens is 312 g/mol. The third kappa shape index (κ3) is 3.30. The number of aliphatic hydroxyl groups excluding tert-OH is 1. The van der Waals surface area contributed by atoms with Gasteiger partial charge < -0.3 is 10.4 Å². The van der Waals surface area contributed by atoms with Gasteiger partial charge in [0, 0.05) is 24.2 Å². The number of hydrogen-bond acceptors (Lipinski definition) is 4. The number of hydrogen-bond donors (Lipinski definition) is 2. The van der Waals surface area contributed by atoms with E-state index in [1.165, 1.54) is 0 Å². The van der Waals surface area contributed by atoms with Crippen LogP contribution in [0.2, 0.25) is 5.02 Å². The quantitative estimate of drug-likeness (QED) is 0.747. The molecule has 0 atom stereocenters. The molecule has 0 aliphatic rings. The highest BCUT2D eigenvalue weighted by atomic mass is 35.5. The lowest BCUT2D eigenvalue weighted by Crippen LogP contribution is -2.04. The number of fused-ring (bicyclic) bond motifs is 1.